The van der Waals surface area contributed by atoms with Crippen molar-refractivity contribution in [2.24, 2.45) is 0 Å². The second kappa shape index (κ2) is 16.5. The molecule has 4 aromatic carbocycles. The van der Waals surface area contributed by atoms with Crippen LogP contribution in [0.15, 0.2) is 122 Å². The first-order chi connectivity index (χ1) is 25.1. The van der Waals surface area contributed by atoms with Crippen LogP contribution < -0.4 is 21.3 Å². The van der Waals surface area contributed by atoms with Gasteiger partial charge in [0.25, 0.3) is 5.91 Å². The van der Waals surface area contributed by atoms with Crippen LogP contribution in [0.25, 0.3) is 21.5 Å². The van der Waals surface area contributed by atoms with E-state index >= 15 is 0 Å². The molecule has 0 spiro atoms. The molecule has 2 atom stereocenters. The maximum atomic E-state index is 14.0. The van der Waals surface area contributed by atoms with Crippen LogP contribution in [0, 0.1) is 0 Å². The van der Waals surface area contributed by atoms with Crippen molar-refractivity contribution in [2.75, 3.05) is 6.54 Å². The predicted molar refractivity (Wildman–Crippen MR) is 203 cm³/mol. The Morgan fingerprint density at radius 1 is 0.725 bits per heavy atom. The molecule has 2 heterocycles. The lowest BCUT2D eigenvalue weighted by Gasteiger charge is -2.25. The van der Waals surface area contributed by atoms with E-state index in [1.807, 2.05) is 91.1 Å². The minimum absolute atomic E-state index is 0.194. The van der Waals surface area contributed by atoms with Gasteiger partial charge < -0.3 is 21.3 Å². The maximum absolute atomic E-state index is 14.0. The Bertz CT molecular complexity index is 2110. The molecule has 0 saturated carbocycles. The van der Waals surface area contributed by atoms with Crippen molar-refractivity contribution in [2.45, 2.75) is 63.8 Å². The largest absolute Gasteiger partial charge is 0.350 e. The molecular formula is C43H44N6O2. The average Bonchev–Trinajstić information content (AvgIpc) is 3.18. The van der Waals surface area contributed by atoms with Gasteiger partial charge in [-0.2, -0.15) is 0 Å². The third kappa shape index (κ3) is 8.31. The summed E-state index contributed by atoms with van der Waals surface area (Å²) in [5, 5.41) is 17.5. The molecule has 0 bridgehead atoms. The summed E-state index contributed by atoms with van der Waals surface area (Å²) in [4.78, 5) is 36.9. The highest BCUT2D eigenvalue weighted by molar-refractivity contribution is 6.09. The number of nitrogens with one attached hydrogen (secondary N) is 4. The van der Waals surface area contributed by atoms with Crippen LogP contribution >= 0.6 is 0 Å². The first-order valence-corrected chi connectivity index (χ1v) is 18.0. The molecule has 0 unspecified atom stereocenters. The summed E-state index contributed by atoms with van der Waals surface area (Å²) in [6.07, 6.45) is 8.09. The highest BCUT2D eigenvalue weighted by Crippen LogP contribution is 2.28. The third-order valence-electron chi connectivity index (χ3n) is 9.82. The minimum Gasteiger partial charge on any atom is -0.350 e. The SMILES string of the molecule is O=C(N[C@@H](CCCN[C@H]1CCCc2cccnc21)C(=O)NCc1cccc2ccccc12)c1ccc(CNCc2ccccn2)c2ccccc12. The number of pyridine rings is 2. The number of rotatable bonds is 14. The zero-order chi connectivity index (χ0) is 34.8. The monoisotopic (exact) mass is 676 g/mol. The Balaban J connectivity index is 1.05. The van der Waals surface area contributed by atoms with Crippen molar-refractivity contribution in [3.63, 3.8) is 0 Å². The van der Waals surface area contributed by atoms with E-state index in [9.17, 15) is 9.59 Å². The van der Waals surface area contributed by atoms with Gasteiger partial charge in [0.05, 0.1) is 11.4 Å². The van der Waals surface area contributed by atoms with Crippen LogP contribution in [-0.2, 0) is 30.8 Å². The Morgan fingerprint density at radius 2 is 1.51 bits per heavy atom. The van der Waals surface area contributed by atoms with Gasteiger partial charge in [-0.15, -0.1) is 0 Å². The molecule has 51 heavy (non-hydrogen) atoms. The second-order valence-corrected chi connectivity index (χ2v) is 13.2. The number of hydrogen-bond acceptors (Lipinski definition) is 6. The zero-order valence-electron chi connectivity index (χ0n) is 28.8. The Kier molecular flexibility index (Phi) is 11.0. The number of nitrogens with zero attached hydrogens (tertiary/aromatic N) is 2. The van der Waals surface area contributed by atoms with Crippen LogP contribution in [0.5, 0.6) is 0 Å². The molecule has 6 aromatic rings. The fourth-order valence-corrected chi connectivity index (χ4v) is 7.19. The molecule has 8 nitrogen and oxygen atoms in total. The lowest BCUT2D eigenvalue weighted by atomic mass is 9.92. The molecule has 8 heteroatoms. The molecule has 2 aromatic heterocycles. The van der Waals surface area contributed by atoms with E-state index in [0.717, 1.165) is 63.3 Å². The molecule has 0 fully saturated rings. The number of benzene rings is 4. The lowest BCUT2D eigenvalue weighted by molar-refractivity contribution is -0.123. The van der Waals surface area contributed by atoms with Gasteiger partial charge in [0.15, 0.2) is 0 Å². The first-order valence-electron chi connectivity index (χ1n) is 18.0. The number of amides is 2. The molecule has 0 saturated heterocycles. The maximum Gasteiger partial charge on any atom is 0.252 e. The first kappa shape index (κ1) is 34.0. The van der Waals surface area contributed by atoms with Crippen molar-refractivity contribution in [3.05, 3.63) is 155 Å². The van der Waals surface area contributed by atoms with E-state index < -0.39 is 6.04 Å². The summed E-state index contributed by atoms with van der Waals surface area (Å²) < 4.78 is 0. The summed E-state index contributed by atoms with van der Waals surface area (Å²) in [6.45, 7) is 2.36. The zero-order valence-corrected chi connectivity index (χ0v) is 28.8. The number of aryl methyl sites for hydroxylation is 1. The Morgan fingerprint density at radius 3 is 2.39 bits per heavy atom. The Hall–Kier alpha value is -5.44. The van der Waals surface area contributed by atoms with E-state index in [0.29, 0.717) is 44.6 Å². The van der Waals surface area contributed by atoms with Crippen molar-refractivity contribution in [1.82, 2.24) is 31.2 Å². The highest BCUT2D eigenvalue weighted by Gasteiger charge is 2.24. The van der Waals surface area contributed by atoms with E-state index in [2.05, 4.69) is 55.5 Å². The third-order valence-corrected chi connectivity index (χ3v) is 9.82. The minimum atomic E-state index is -0.704. The quantitative estimate of drug-likeness (QED) is 0.0932. The smallest absolute Gasteiger partial charge is 0.252 e. The fraction of sp³-hybridized carbons (Fsp3) is 0.256. The molecule has 2 amide bonds. The van der Waals surface area contributed by atoms with Gasteiger partial charge in [-0.05, 0) is 101 Å². The number of carbonyl (C=O) groups is 2. The van der Waals surface area contributed by atoms with Gasteiger partial charge in [0.1, 0.15) is 6.04 Å². The van der Waals surface area contributed by atoms with E-state index in [1.165, 1.54) is 5.56 Å². The molecular weight excluding hydrogens is 633 g/mol. The average molecular weight is 677 g/mol. The summed E-state index contributed by atoms with van der Waals surface area (Å²) >= 11 is 0. The molecule has 0 aliphatic heterocycles. The molecule has 7 rings (SSSR count). The van der Waals surface area contributed by atoms with Crippen LogP contribution in [0.1, 0.15) is 70.2 Å². The van der Waals surface area contributed by atoms with Crippen molar-refractivity contribution in [3.8, 4) is 0 Å². The number of fused-ring (bicyclic) bond motifs is 3. The van der Waals surface area contributed by atoms with Gasteiger partial charge in [-0.3, -0.25) is 19.6 Å². The summed E-state index contributed by atoms with van der Waals surface area (Å²) in [5.74, 6) is -0.455. The number of hydrogen-bond donors (Lipinski definition) is 4. The highest BCUT2D eigenvalue weighted by atomic mass is 16.2. The molecule has 258 valence electrons. The molecule has 4 N–H and O–H groups in total. The Labute approximate surface area is 299 Å². The standard InChI is InChI=1S/C43H44N6O2/c50-42(38-23-22-33(36-18-3-4-19-37(36)38)27-44-29-34-16-5-6-24-45-34)49-40(21-10-25-46-39-20-8-13-31-15-9-26-47-41(31)39)43(51)48-28-32-14-7-12-30-11-1-2-17-35(30)32/h1-7,9,11-12,14-19,22-24,26,39-40,44,46H,8,10,13,20-21,25,27-29H2,(H,48,51)(H,49,50)/t39-,40-/m0/s1. The van der Waals surface area contributed by atoms with Gasteiger partial charge in [0.2, 0.25) is 5.91 Å². The van der Waals surface area contributed by atoms with Crippen LogP contribution in [0.3, 0.4) is 0 Å². The molecule has 0 radical (unpaired) electrons. The topological polar surface area (TPSA) is 108 Å². The van der Waals surface area contributed by atoms with Crippen molar-refractivity contribution in [1.29, 1.82) is 0 Å². The fourth-order valence-electron chi connectivity index (χ4n) is 7.19. The normalized spacial score (nSPS) is 14.5. The summed E-state index contributed by atoms with van der Waals surface area (Å²) in [7, 11) is 0. The van der Waals surface area contributed by atoms with E-state index in [4.69, 9.17) is 0 Å². The second-order valence-electron chi connectivity index (χ2n) is 13.2. The predicted octanol–water partition coefficient (Wildman–Crippen LogP) is 6.94. The summed E-state index contributed by atoms with van der Waals surface area (Å²) in [5.41, 5.74) is 6.08. The number of carbonyl (C=O) groups excluding carboxylic acids is 2. The van der Waals surface area contributed by atoms with E-state index in [1.54, 1.807) is 6.20 Å². The molecule has 1 aliphatic rings. The van der Waals surface area contributed by atoms with Gasteiger partial charge in [0, 0.05) is 43.6 Å². The van der Waals surface area contributed by atoms with Crippen molar-refractivity contribution >= 4 is 33.4 Å². The van der Waals surface area contributed by atoms with Gasteiger partial charge >= 0.3 is 0 Å². The van der Waals surface area contributed by atoms with E-state index in [-0.39, 0.29) is 17.9 Å². The van der Waals surface area contributed by atoms with Gasteiger partial charge in [-0.1, -0.05) is 84.9 Å². The number of aromatic nitrogens is 2. The van der Waals surface area contributed by atoms with Gasteiger partial charge in [-0.25, -0.2) is 0 Å². The summed E-state index contributed by atoms with van der Waals surface area (Å²) in [6, 6.07) is 35.7. The van der Waals surface area contributed by atoms with Crippen LogP contribution in [0.2, 0.25) is 0 Å². The van der Waals surface area contributed by atoms with Crippen LogP contribution in [0.4, 0.5) is 0 Å². The lowest BCUT2D eigenvalue weighted by Crippen LogP contribution is -2.47. The molecule has 1 aliphatic carbocycles. The van der Waals surface area contributed by atoms with Crippen molar-refractivity contribution < 1.29 is 9.59 Å². The van der Waals surface area contributed by atoms with Crippen LogP contribution in [-0.4, -0.2) is 34.4 Å².